The molecule has 0 N–H and O–H groups in total. The molecule has 0 spiro atoms. The molecule has 0 radical (unpaired) electrons. The molecule has 0 heterocycles. The fourth-order valence-corrected chi connectivity index (χ4v) is 1.31. The van der Waals surface area contributed by atoms with Crippen LogP contribution in [-0.2, 0) is 9.53 Å². The lowest BCUT2D eigenvalue weighted by Gasteiger charge is -2.08. The second-order valence-electron chi connectivity index (χ2n) is 4.19. The van der Waals surface area contributed by atoms with Gasteiger partial charge in [0, 0.05) is 6.42 Å². The predicted molar refractivity (Wildman–Crippen MR) is 62.9 cm³/mol. The van der Waals surface area contributed by atoms with Crippen molar-refractivity contribution in [3.05, 3.63) is 0 Å². The summed E-state index contributed by atoms with van der Waals surface area (Å²) in [7, 11) is 4.09. The van der Waals surface area contributed by atoms with Gasteiger partial charge in [-0.3, -0.25) is 4.79 Å². The Morgan fingerprint density at radius 2 is 1.87 bits per heavy atom. The highest BCUT2D eigenvalue weighted by molar-refractivity contribution is 5.69. The first-order chi connectivity index (χ1) is 7.16. The van der Waals surface area contributed by atoms with E-state index in [1.54, 1.807) is 0 Å². The molecule has 0 aliphatic carbocycles. The Hall–Kier alpha value is -0.570. The van der Waals surface area contributed by atoms with Crippen LogP contribution in [0.5, 0.6) is 0 Å². The molecular formula is C12H25NO2. The van der Waals surface area contributed by atoms with Gasteiger partial charge in [0.05, 0.1) is 6.61 Å². The Morgan fingerprint density at radius 1 is 1.13 bits per heavy atom. The van der Waals surface area contributed by atoms with Crippen molar-refractivity contribution in [2.75, 3.05) is 27.2 Å². The third-order valence-corrected chi connectivity index (χ3v) is 2.25. The number of rotatable bonds is 9. The van der Waals surface area contributed by atoms with Crippen molar-refractivity contribution in [1.29, 1.82) is 0 Å². The van der Waals surface area contributed by atoms with Crippen LogP contribution in [0.4, 0.5) is 0 Å². The van der Waals surface area contributed by atoms with E-state index in [-0.39, 0.29) is 5.97 Å². The van der Waals surface area contributed by atoms with Crippen molar-refractivity contribution in [1.82, 2.24) is 4.90 Å². The summed E-state index contributed by atoms with van der Waals surface area (Å²) in [6.07, 6.45) is 5.88. The van der Waals surface area contributed by atoms with Gasteiger partial charge in [-0.05, 0) is 39.9 Å². The molecule has 0 unspecified atom stereocenters. The van der Waals surface area contributed by atoms with E-state index < -0.39 is 0 Å². The summed E-state index contributed by atoms with van der Waals surface area (Å²) in [5.41, 5.74) is 0. The Labute approximate surface area is 93.8 Å². The van der Waals surface area contributed by atoms with E-state index >= 15 is 0 Å². The second kappa shape index (κ2) is 9.97. The van der Waals surface area contributed by atoms with Crippen molar-refractivity contribution < 1.29 is 9.53 Å². The Balaban J connectivity index is 3.19. The average Bonchev–Trinajstić information content (AvgIpc) is 2.19. The summed E-state index contributed by atoms with van der Waals surface area (Å²) < 4.78 is 5.10. The van der Waals surface area contributed by atoms with Gasteiger partial charge in [0.15, 0.2) is 0 Å². The predicted octanol–water partition coefficient (Wildman–Crippen LogP) is 2.45. The monoisotopic (exact) mass is 215 g/mol. The molecule has 0 aromatic carbocycles. The molecule has 90 valence electrons. The van der Waals surface area contributed by atoms with Gasteiger partial charge in [0.25, 0.3) is 0 Å². The van der Waals surface area contributed by atoms with E-state index in [0.29, 0.717) is 13.0 Å². The minimum absolute atomic E-state index is 0.0372. The van der Waals surface area contributed by atoms with Gasteiger partial charge >= 0.3 is 5.97 Å². The lowest BCUT2D eigenvalue weighted by molar-refractivity contribution is -0.143. The SMILES string of the molecule is CCCCCOC(=O)CCCCN(C)C. The molecule has 0 rings (SSSR count). The molecule has 0 saturated heterocycles. The third kappa shape index (κ3) is 11.4. The number of nitrogens with zero attached hydrogens (tertiary/aromatic N) is 1. The van der Waals surface area contributed by atoms with Crippen molar-refractivity contribution >= 4 is 5.97 Å². The molecule has 3 heteroatoms. The fraction of sp³-hybridized carbons (Fsp3) is 0.917. The zero-order valence-electron chi connectivity index (χ0n) is 10.4. The van der Waals surface area contributed by atoms with Crippen LogP contribution < -0.4 is 0 Å². The third-order valence-electron chi connectivity index (χ3n) is 2.25. The smallest absolute Gasteiger partial charge is 0.305 e. The van der Waals surface area contributed by atoms with E-state index in [2.05, 4.69) is 11.8 Å². The molecule has 0 aliphatic rings. The molecule has 0 saturated carbocycles. The highest BCUT2D eigenvalue weighted by atomic mass is 16.5. The first-order valence-electron chi connectivity index (χ1n) is 5.97. The van der Waals surface area contributed by atoms with E-state index in [4.69, 9.17) is 4.74 Å². The van der Waals surface area contributed by atoms with Crippen molar-refractivity contribution in [2.24, 2.45) is 0 Å². The standard InChI is InChI=1S/C12H25NO2/c1-4-5-8-11-15-12(14)9-6-7-10-13(2)3/h4-11H2,1-3H3. The van der Waals surface area contributed by atoms with E-state index in [1.165, 1.54) is 6.42 Å². The number of hydrogen-bond acceptors (Lipinski definition) is 3. The lowest BCUT2D eigenvalue weighted by Crippen LogP contribution is -2.13. The summed E-state index contributed by atoms with van der Waals surface area (Å²) in [5, 5.41) is 0. The summed E-state index contributed by atoms with van der Waals surface area (Å²) in [6, 6.07) is 0. The molecule has 0 atom stereocenters. The molecule has 0 aromatic heterocycles. The average molecular weight is 215 g/mol. The van der Waals surface area contributed by atoms with Gasteiger partial charge in [0.2, 0.25) is 0 Å². The quantitative estimate of drug-likeness (QED) is 0.437. The lowest BCUT2D eigenvalue weighted by atomic mass is 10.2. The number of carbonyl (C=O) groups excluding carboxylic acids is 1. The van der Waals surface area contributed by atoms with Crippen LogP contribution in [0.1, 0.15) is 45.4 Å². The van der Waals surface area contributed by atoms with Crippen LogP contribution in [0.2, 0.25) is 0 Å². The van der Waals surface area contributed by atoms with Crippen LogP contribution in [0.3, 0.4) is 0 Å². The van der Waals surface area contributed by atoms with Crippen molar-refractivity contribution in [2.45, 2.75) is 45.4 Å². The van der Waals surface area contributed by atoms with Gasteiger partial charge in [0.1, 0.15) is 0 Å². The molecule has 0 fully saturated rings. The van der Waals surface area contributed by atoms with E-state index in [9.17, 15) is 4.79 Å². The largest absolute Gasteiger partial charge is 0.466 e. The summed E-state index contributed by atoms with van der Waals surface area (Å²) in [5.74, 6) is -0.0372. The summed E-state index contributed by atoms with van der Waals surface area (Å²) in [6.45, 7) is 3.78. The number of hydrogen-bond donors (Lipinski definition) is 0. The maximum atomic E-state index is 11.2. The number of esters is 1. The highest BCUT2D eigenvalue weighted by Gasteiger charge is 2.02. The van der Waals surface area contributed by atoms with Crippen LogP contribution in [0.25, 0.3) is 0 Å². The molecule has 15 heavy (non-hydrogen) atoms. The van der Waals surface area contributed by atoms with E-state index in [1.807, 2.05) is 14.1 Å². The Kier molecular flexibility index (Phi) is 9.59. The topological polar surface area (TPSA) is 29.5 Å². The summed E-state index contributed by atoms with van der Waals surface area (Å²) >= 11 is 0. The second-order valence-corrected chi connectivity index (χ2v) is 4.19. The Morgan fingerprint density at radius 3 is 2.47 bits per heavy atom. The normalized spacial score (nSPS) is 10.7. The maximum Gasteiger partial charge on any atom is 0.305 e. The zero-order chi connectivity index (χ0) is 11.5. The number of ether oxygens (including phenoxy) is 1. The van der Waals surface area contributed by atoms with Crippen LogP contribution in [-0.4, -0.2) is 38.1 Å². The van der Waals surface area contributed by atoms with Gasteiger partial charge in [-0.25, -0.2) is 0 Å². The van der Waals surface area contributed by atoms with Gasteiger partial charge in [-0.2, -0.15) is 0 Å². The number of carbonyl (C=O) groups is 1. The van der Waals surface area contributed by atoms with Gasteiger partial charge in [-0.1, -0.05) is 19.8 Å². The number of unbranched alkanes of at least 4 members (excludes halogenated alkanes) is 3. The van der Waals surface area contributed by atoms with Gasteiger partial charge in [-0.15, -0.1) is 0 Å². The van der Waals surface area contributed by atoms with E-state index in [0.717, 1.165) is 32.2 Å². The summed E-state index contributed by atoms with van der Waals surface area (Å²) in [4.78, 5) is 13.3. The molecule has 0 bridgehead atoms. The minimum Gasteiger partial charge on any atom is -0.466 e. The van der Waals surface area contributed by atoms with Crippen molar-refractivity contribution in [3.8, 4) is 0 Å². The fourth-order valence-electron chi connectivity index (χ4n) is 1.31. The highest BCUT2D eigenvalue weighted by Crippen LogP contribution is 2.00. The molecule has 0 aliphatic heterocycles. The first-order valence-corrected chi connectivity index (χ1v) is 5.97. The van der Waals surface area contributed by atoms with Gasteiger partial charge < -0.3 is 9.64 Å². The minimum atomic E-state index is -0.0372. The Bertz CT molecular complexity index is 158. The van der Waals surface area contributed by atoms with Crippen LogP contribution >= 0.6 is 0 Å². The zero-order valence-corrected chi connectivity index (χ0v) is 10.4. The molecule has 3 nitrogen and oxygen atoms in total. The molecule has 0 amide bonds. The maximum absolute atomic E-state index is 11.2. The van der Waals surface area contributed by atoms with Crippen molar-refractivity contribution in [3.63, 3.8) is 0 Å². The van der Waals surface area contributed by atoms with Crippen LogP contribution in [0.15, 0.2) is 0 Å². The molecule has 0 aromatic rings. The first kappa shape index (κ1) is 14.4. The molecular weight excluding hydrogens is 190 g/mol. The van der Waals surface area contributed by atoms with Crippen LogP contribution in [0, 0.1) is 0 Å².